The Morgan fingerprint density at radius 3 is 2.40 bits per heavy atom. The predicted octanol–water partition coefficient (Wildman–Crippen LogP) is 1.33. The summed E-state index contributed by atoms with van der Waals surface area (Å²) in [7, 11) is 0. The quantitative estimate of drug-likeness (QED) is 0.750. The molecule has 1 saturated heterocycles. The normalized spacial score (nSPS) is 30.4. The van der Waals surface area contributed by atoms with E-state index in [1.807, 2.05) is 6.92 Å². The molecule has 90 valence electrons. The van der Waals surface area contributed by atoms with Gasteiger partial charge in [0, 0.05) is 32.8 Å². The molecule has 0 bridgehead atoms. The molecule has 1 rings (SSSR count). The van der Waals surface area contributed by atoms with Crippen LogP contribution >= 0.6 is 0 Å². The highest BCUT2D eigenvalue weighted by Crippen LogP contribution is 2.21. The molecule has 0 radical (unpaired) electrons. The number of nitrogens with zero attached hydrogens (tertiary/aromatic N) is 1. The maximum absolute atomic E-state index is 5.69. The van der Waals surface area contributed by atoms with E-state index in [0.29, 0.717) is 6.54 Å². The van der Waals surface area contributed by atoms with E-state index in [4.69, 9.17) is 10.5 Å². The number of ether oxygens (including phenoxy) is 1. The number of hydrogen-bond acceptors (Lipinski definition) is 3. The van der Waals surface area contributed by atoms with Crippen LogP contribution in [0.5, 0.6) is 0 Å². The van der Waals surface area contributed by atoms with Crippen LogP contribution in [0.25, 0.3) is 0 Å². The predicted molar refractivity (Wildman–Crippen MR) is 63.9 cm³/mol. The van der Waals surface area contributed by atoms with E-state index in [2.05, 4.69) is 18.7 Å². The van der Waals surface area contributed by atoms with Gasteiger partial charge in [-0.2, -0.15) is 0 Å². The SMILES string of the molecule is CCOC(CN)CN1CC(C)CC(C)C1. The third-order valence-corrected chi connectivity index (χ3v) is 3.07. The second kappa shape index (κ2) is 6.46. The van der Waals surface area contributed by atoms with Crippen molar-refractivity contribution in [3.8, 4) is 0 Å². The summed E-state index contributed by atoms with van der Waals surface area (Å²) in [6, 6.07) is 0. The van der Waals surface area contributed by atoms with Crippen LogP contribution in [0.15, 0.2) is 0 Å². The van der Waals surface area contributed by atoms with Crippen LogP contribution in [-0.4, -0.2) is 43.8 Å². The lowest BCUT2D eigenvalue weighted by Crippen LogP contribution is -2.45. The van der Waals surface area contributed by atoms with Gasteiger partial charge in [0.1, 0.15) is 0 Å². The van der Waals surface area contributed by atoms with Gasteiger partial charge < -0.3 is 15.4 Å². The first-order valence-electron chi connectivity index (χ1n) is 6.19. The first-order chi connectivity index (χ1) is 7.15. The van der Waals surface area contributed by atoms with E-state index >= 15 is 0 Å². The molecule has 0 spiro atoms. The number of hydrogen-bond donors (Lipinski definition) is 1. The van der Waals surface area contributed by atoms with Crippen LogP contribution < -0.4 is 5.73 Å². The number of piperidine rings is 1. The highest BCUT2D eigenvalue weighted by Gasteiger charge is 2.23. The van der Waals surface area contributed by atoms with Gasteiger partial charge in [-0.15, -0.1) is 0 Å². The van der Waals surface area contributed by atoms with E-state index in [9.17, 15) is 0 Å². The van der Waals surface area contributed by atoms with Crippen LogP contribution in [0.1, 0.15) is 27.2 Å². The Kier molecular flexibility index (Phi) is 5.58. The minimum Gasteiger partial charge on any atom is -0.376 e. The first kappa shape index (κ1) is 12.9. The zero-order chi connectivity index (χ0) is 11.3. The minimum atomic E-state index is 0.215. The molecule has 3 atom stereocenters. The Morgan fingerprint density at radius 2 is 1.93 bits per heavy atom. The van der Waals surface area contributed by atoms with Gasteiger partial charge in [0.25, 0.3) is 0 Å². The topological polar surface area (TPSA) is 38.5 Å². The molecule has 2 N–H and O–H groups in total. The number of likely N-dealkylation sites (tertiary alicyclic amines) is 1. The summed E-state index contributed by atoms with van der Waals surface area (Å²) >= 11 is 0. The molecule has 0 aromatic heterocycles. The van der Waals surface area contributed by atoms with Gasteiger partial charge in [0.2, 0.25) is 0 Å². The molecule has 3 heteroatoms. The van der Waals surface area contributed by atoms with Crippen molar-refractivity contribution in [3.05, 3.63) is 0 Å². The molecular formula is C12H26N2O. The fourth-order valence-electron chi connectivity index (χ4n) is 2.66. The van der Waals surface area contributed by atoms with Gasteiger partial charge in [-0.3, -0.25) is 0 Å². The van der Waals surface area contributed by atoms with Crippen LogP contribution in [0, 0.1) is 11.8 Å². The standard InChI is InChI=1S/C12H26N2O/c1-4-15-12(6-13)9-14-7-10(2)5-11(3)8-14/h10-12H,4-9,13H2,1-3H3. The third kappa shape index (κ3) is 4.49. The molecule has 1 heterocycles. The molecule has 1 aliphatic rings. The molecule has 0 aromatic carbocycles. The van der Waals surface area contributed by atoms with Gasteiger partial charge in [-0.25, -0.2) is 0 Å². The molecule has 0 aromatic rings. The van der Waals surface area contributed by atoms with Crippen molar-refractivity contribution < 1.29 is 4.74 Å². The zero-order valence-corrected chi connectivity index (χ0v) is 10.4. The van der Waals surface area contributed by atoms with Crippen LogP contribution in [-0.2, 0) is 4.74 Å². The number of nitrogens with two attached hydrogens (primary N) is 1. The van der Waals surface area contributed by atoms with Crippen LogP contribution in [0.4, 0.5) is 0 Å². The van der Waals surface area contributed by atoms with Gasteiger partial charge in [-0.1, -0.05) is 13.8 Å². The first-order valence-corrected chi connectivity index (χ1v) is 6.19. The van der Waals surface area contributed by atoms with Crippen molar-refractivity contribution in [2.75, 3.05) is 32.8 Å². The Balaban J connectivity index is 2.35. The molecule has 1 aliphatic heterocycles. The van der Waals surface area contributed by atoms with Crippen molar-refractivity contribution in [1.82, 2.24) is 4.90 Å². The third-order valence-electron chi connectivity index (χ3n) is 3.07. The summed E-state index contributed by atoms with van der Waals surface area (Å²) in [6.45, 7) is 11.5. The van der Waals surface area contributed by atoms with E-state index in [0.717, 1.165) is 25.0 Å². The molecular weight excluding hydrogens is 188 g/mol. The van der Waals surface area contributed by atoms with Gasteiger partial charge in [0.15, 0.2) is 0 Å². The Bertz CT molecular complexity index is 165. The Morgan fingerprint density at radius 1 is 1.33 bits per heavy atom. The zero-order valence-electron chi connectivity index (χ0n) is 10.4. The average Bonchev–Trinajstić information content (AvgIpc) is 2.15. The molecule has 3 unspecified atom stereocenters. The smallest absolute Gasteiger partial charge is 0.0823 e. The second-order valence-electron chi connectivity index (χ2n) is 4.98. The summed E-state index contributed by atoms with van der Waals surface area (Å²) in [5.41, 5.74) is 5.69. The summed E-state index contributed by atoms with van der Waals surface area (Å²) in [5, 5.41) is 0. The summed E-state index contributed by atoms with van der Waals surface area (Å²) in [6.07, 6.45) is 1.57. The van der Waals surface area contributed by atoms with Crippen molar-refractivity contribution >= 4 is 0 Å². The monoisotopic (exact) mass is 214 g/mol. The fourth-order valence-corrected chi connectivity index (χ4v) is 2.66. The molecule has 0 saturated carbocycles. The molecule has 15 heavy (non-hydrogen) atoms. The van der Waals surface area contributed by atoms with Gasteiger partial charge >= 0.3 is 0 Å². The molecule has 1 fully saturated rings. The van der Waals surface area contributed by atoms with Crippen molar-refractivity contribution in [3.63, 3.8) is 0 Å². The highest BCUT2D eigenvalue weighted by molar-refractivity contribution is 4.77. The summed E-state index contributed by atoms with van der Waals surface area (Å²) in [4.78, 5) is 2.51. The van der Waals surface area contributed by atoms with Gasteiger partial charge in [-0.05, 0) is 25.2 Å². The van der Waals surface area contributed by atoms with E-state index in [1.54, 1.807) is 0 Å². The van der Waals surface area contributed by atoms with E-state index < -0.39 is 0 Å². The molecule has 0 amide bonds. The second-order valence-corrected chi connectivity index (χ2v) is 4.98. The lowest BCUT2D eigenvalue weighted by Gasteiger charge is -2.36. The maximum atomic E-state index is 5.69. The van der Waals surface area contributed by atoms with Crippen LogP contribution in [0.2, 0.25) is 0 Å². The molecule has 0 aliphatic carbocycles. The average molecular weight is 214 g/mol. The van der Waals surface area contributed by atoms with Gasteiger partial charge in [0.05, 0.1) is 6.10 Å². The van der Waals surface area contributed by atoms with Crippen LogP contribution in [0.3, 0.4) is 0 Å². The lowest BCUT2D eigenvalue weighted by atomic mass is 9.92. The van der Waals surface area contributed by atoms with Crippen molar-refractivity contribution in [1.29, 1.82) is 0 Å². The fraction of sp³-hybridized carbons (Fsp3) is 1.00. The van der Waals surface area contributed by atoms with Crippen molar-refractivity contribution in [2.45, 2.75) is 33.3 Å². The molecule has 3 nitrogen and oxygen atoms in total. The minimum absolute atomic E-state index is 0.215. The Hall–Kier alpha value is -0.120. The maximum Gasteiger partial charge on any atom is 0.0823 e. The summed E-state index contributed by atoms with van der Waals surface area (Å²) in [5.74, 6) is 1.63. The summed E-state index contributed by atoms with van der Waals surface area (Å²) < 4.78 is 5.60. The largest absolute Gasteiger partial charge is 0.376 e. The van der Waals surface area contributed by atoms with E-state index in [-0.39, 0.29) is 6.10 Å². The number of rotatable bonds is 5. The highest BCUT2D eigenvalue weighted by atomic mass is 16.5. The van der Waals surface area contributed by atoms with Crippen molar-refractivity contribution in [2.24, 2.45) is 17.6 Å². The van der Waals surface area contributed by atoms with E-state index in [1.165, 1.54) is 19.5 Å². The lowest BCUT2D eigenvalue weighted by molar-refractivity contribution is 0.0214. The Labute approximate surface area is 94.0 Å².